The molecule has 0 aromatic heterocycles. The minimum absolute atomic E-state index is 0.104. The van der Waals surface area contributed by atoms with Crippen LogP contribution >= 0.6 is 0 Å². The third-order valence-electron chi connectivity index (χ3n) is 5.38. The van der Waals surface area contributed by atoms with Crippen LogP contribution in [0.15, 0.2) is 54.6 Å². The molecule has 1 saturated heterocycles. The molecule has 1 aliphatic heterocycles. The van der Waals surface area contributed by atoms with Crippen molar-refractivity contribution < 1.29 is 14.3 Å². The smallest absolute Gasteiger partial charge is 0.255 e. The third-order valence-corrected chi connectivity index (χ3v) is 5.38. The molecule has 0 bridgehead atoms. The second kappa shape index (κ2) is 9.28. The zero-order valence-electron chi connectivity index (χ0n) is 17.6. The van der Waals surface area contributed by atoms with Crippen LogP contribution in [0.4, 0.5) is 5.69 Å². The van der Waals surface area contributed by atoms with Crippen molar-refractivity contribution in [3.8, 4) is 5.75 Å². The van der Waals surface area contributed by atoms with E-state index in [0.717, 1.165) is 66.2 Å². The van der Waals surface area contributed by atoms with Crippen LogP contribution in [0, 0.1) is 13.8 Å². The molecule has 0 radical (unpaired) electrons. The molecule has 156 valence electrons. The van der Waals surface area contributed by atoms with E-state index in [1.165, 1.54) is 0 Å². The molecule has 0 spiro atoms. The van der Waals surface area contributed by atoms with E-state index < -0.39 is 0 Å². The van der Waals surface area contributed by atoms with Crippen LogP contribution in [-0.4, -0.2) is 50.3 Å². The van der Waals surface area contributed by atoms with Crippen LogP contribution in [-0.2, 0) is 4.74 Å². The number of carbonyl (C=O) groups is 1. The van der Waals surface area contributed by atoms with Gasteiger partial charge < -0.3 is 14.8 Å². The summed E-state index contributed by atoms with van der Waals surface area (Å²) in [5.41, 5.74) is 3.61. The van der Waals surface area contributed by atoms with E-state index in [2.05, 4.69) is 16.3 Å². The van der Waals surface area contributed by atoms with Gasteiger partial charge in [0.25, 0.3) is 5.91 Å². The Morgan fingerprint density at radius 1 is 1.00 bits per heavy atom. The van der Waals surface area contributed by atoms with Crippen LogP contribution < -0.4 is 10.1 Å². The molecule has 1 aliphatic rings. The Balaban J connectivity index is 1.50. The monoisotopic (exact) mass is 404 g/mol. The Morgan fingerprint density at radius 3 is 2.43 bits per heavy atom. The molecule has 1 N–H and O–H groups in total. The van der Waals surface area contributed by atoms with Crippen molar-refractivity contribution >= 4 is 22.4 Å². The standard InChI is InChI=1S/C25H28N2O3/c1-18-15-19(2)17-20(16-18)25(28)26-23-7-8-24(22-6-4-3-5-21(22)23)30-14-11-27-9-12-29-13-10-27/h3-8,15-17H,9-14H2,1-2H3,(H,26,28). The van der Waals surface area contributed by atoms with Crippen molar-refractivity contribution in [1.82, 2.24) is 4.90 Å². The summed E-state index contributed by atoms with van der Waals surface area (Å²) in [4.78, 5) is 15.2. The number of hydrogen-bond donors (Lipinski definition) is 1. The summed E-state index contributed by atoms with van der Waals surface area (Å²) in [5, 5.41) is 5.04. The summed E-state index contributed by atoms with van der Waals surface area (Å²) in [5.74, 6) is 0.733. The van der Waals surface area contributed by atoms with Crippen LogP contribution in [0.2, 0.25) is 0 Å². The lowest BCUT2D eigenvalue weighted by Crippen LogP contribution is -2.38. The zero-order chi connectivity index (χ0) is 20.9. The highest BCUT2D eigenvalue weighted by Gasteiger charge is 2.13. The first-order chi connectivity index (χ1) is 14.6. The second-order valence-corrected chi connectivity index (χ2v) is 7.79. The van der Waals surface area contributed by atoms with E-state index >= 15 is 0 Å². The number of anilines is 1. The van der Waals surface area contributed by atoms with Crippen LogP contribution in [0.5, 0.6) is 5.75 Å². The topological polar surface area (TPSA) is 50.8 Å². The number of rotatable bonds is 6. The number of aryl methyl sites for hydroxylation is 2. The normalized spacial score (nSPS) is 14.6. The summed E-state index contributed by atoms with van der Waals surface area (Å²) in [7, 11) is 0. The Morgan fingerprint density at radius 2 is 1.70 bits per heavy atom. The lowest BCUT2D eigenvalue weighted by Gasteiger charge is -2.26. The van der Waals surface area contributed by atoms with Crippen molar-refractivity contribution in [2.24, 2.45) is 0 Å². The predicted octanol–water partition coefficient (Wildman–Crippen LogP) is 4.42. The summed E-state index contributed by atoms with van der Waals surface area (Å²) >= 11 is 0. The number of fused-ring (bicyclic) bond motifs is 1. The summed E-state index contributed by atoms with van der Waals surface area (Å²) in [6, 6.07) is 17.8. The molecule has 1 heterocycles. The van der Waals surface area contributed by atoms with Gasteiger partial charge in [-0.3, -0.25) is 9.69 Å². The Bertz CT molecular complexity index is 1020. The largest absolute Gasteiger partial charge is 0.492 e. The molecule has 30 heavy (non-hydrogen) atoms. The Labute approximate surface area is 177 Å². The predicted molar refractivity (Wildman–Crippen MR) is 121 cm³/mol. The molecule has 1 fully saturated rings. The zero-order valence-corrected chi connectivity index (χ0v) is 17.6. The Hall–Kier alpha value is -2.89. The fraction of sp³-hybridized carbons (Fsp3) is 0.320. The molecular weight excluding hydrogens is 376 g/mol. The highest BCUT2D eigenvalue weighted by molar-refractivity contribution is 6.10. The summed E-state index contributed by atoms with van der Waals surface area (Å²) in [6.07, 6.45) is 0. The van der Waals surface area contributed by atoms with Gasteiger partial charge in [0.15, 0.2) is 0 Å². The quantitative estimate of drug-likeness (QED) is 0.661. The molecule has 5 heteroatoms. The molecule has 0 unspecified atom stereocenters. The summed E-state index contributed by atoms with van der Waals surface area (Å²) in [6.45, 7) is 8.99. The van der Waals surface area contributed by atoms with Gasteiger partial charge in [0.1, 0.15) is 12.4 Å². The number of carbonyl (C=O) groups excluding carboxylic acids is 1. The molecule has 3 aromatic rings. The van der Waals surface area contributed by atoms with Crippen molar-refractivity contribution in [3.05, 3.63) is 71.3 Å². The summed E-state index contributed by atoms with van der Waals surface area (Å²) < 4.78 is 11.5. The van der Waals surface area contributed by atoms with E-state index in [1.807, 2.05) is 62.4 Å². The molecular formula is C25H28N2O3. The second-order valence-electron chi connectivity index (χ2n) is 7.79. The van der Waals surface area contributed by atoms with Gasteiger partial charge in [-0.2, -0.15) is 0 Å². The first-order valence-corrected chi connectivity index (χ1v) is 10.4. The third kappa shape index (κ3) is 4.81. The van der Waals surface area contributed by atoms with E-state index in [0.29, 0.717) is 12.2 Å². The maximum absolute atomic E-state index is 12.8. The van der Waals surface area contributed by atoms with Gasteiger partial charge in [0.2, 0.25) is 0 Å². The molecule has 0 saturated carbocycles. The van der Waals surface area contributed by atoms with Crippen LogP contribution in [0.1, 0.15) is 21.5 Å². The first kappa shape index (κ1) is 20.4. The average Bonchev–Trinajstić information content (AvgIpc) is 2.75. The van der Waals surface area contributed by atoms with Gasteiger partial charge in [-0.25, -0.2) is 0 Å². The maximum atomic E-state index is 12.8. The van der Waals surface area contributed by atoms with Crippen molar-refractivity contribution in [1.29, 1.82) is 0 Å². The molecule has 5 nitrogen and oxygen atoms in total. The van der Waals surface area contributed by atoms with E-state index in [1.54, 1.807) is 0 Å². The average molecular weight is 405 g/mol. The molecule has 3 aromatic carbocycles. The minimum Gasteiger partial charge on any atom is -0.492 e. The van der Waals surface area contributed by atoms with Crippen LogP contribution in [0.3, 0.4) is 0 Å². The van der Waals surface area contributed by atoms with Crippen LogP contribution in [0.25, 0.3) is 10.8 Å². The molecule has 0 aliphatic carbocycles. The minimum atomic E-state index is -0.104. The maximum Gasteiger partial charge on any atom is 0.255 e. The number of hydrogen-bond acceptors (Lipinski definition) is 4. The lowest BCUT2D eigenvalue weighted by atomic mass is 10.1. The molecule has 0 atom stereocenters. The van der Waals surface area contributed by atoms with Gasteiger partial charge in [-0.05, 0) is 38.1 Å². The number of morpholine rings is 1. The van der Waals surface area contributed by atoms with Crippen molar-refractivity contribution in [3.63, 3.8) is 0 Å². The lowest BCUT2D eigenvalue weighted by molar-refractivity contribution is 0.0323. The van der Waals surface area contributed by atoms with Crippen molar-refractivity contribution in [2.45, 2.75) is 13.8 Å². The van der Waals surface area contributed by atoms with Crippen molar-refractivity contribution in [2.75, 3.05) is 44.8 Å². The number of nitrogens with zero attached hydrogens (tertiary/aromatic N) is 1. The number of benzene rings is 3. The Kier molecular flexibility index (Phi) is 6.31. The van der Waals surface area contributed by atoms with Gasteiger partial charge in [0, 0.05) is 41.7 Å². The number of nitrogens with one attached hydrogen (secondary N) is 1. The van der Waals surface area contributed by atoms with E-state index in [-0.39, 0.29) is 5.91 Å². The van der Waals surface area contributed by atoms with E-state index in [9.17, 15) is 4.79 Å². The SMILES string of the molecule is Cc1cc(C)cc(C(=O)Nc2ccc(OCCN3CCOCC3)c3ccccc23)c1. The van der Waals surface area contributed by atoms with E-state index in [4.69, 9.17) is 9.47 Å². The molecule has 4 rings (SSSR count). The van der Waals surface area contributed by atoms with Gasteiger partial charge in [-0.1, -0.05) is 41.5 Å². The van der Waals surface area contributed by atoms with Gasteiger partial charge in [-0.15, -0.1) is 0 Å². The highest BCUT2D eigenvalue weighted by Crippen LogP contribution is 2.32. The number of ether oxygens (including phenoxy) is 2. The van der Waals surface area contributed by atoms with Gasteiger partial charge in [0.05, 0.1) is 13.2 Å². The molecule has 1 amide bonds. The fourth-order valence-corrected chi connectivity index (χ4v) is 3.92. The fourth-order valence-electron chi connectivity index (χ4n) is 3.92. The number of amides is 1. The highest BCUT2D eigenvalue weighted by atomic mass is 16.5. The van der Waals surface area contributed by atoms with Gasteiger partial charge >= 0.3 is 0 Å². The first-order valence-electron chi connectivity index (χ1n) is 10.4.